The molecule has 7 nitrogen and oxygen atoms in total. The summed E-state index contributed by atoms with van der Waals surface area (Å²) in [6, 6.07) is 3.86. The third-order valence-electron chi connectivity index (χ3n) is 3.92. The van der Waals surface area contributed by atoms with Gasteiger partial charge in [0, 0.05) is 26.7 Å². The monoisotopic (exact) mass is 321 g/mol. The fourth-order valence-electron chi connectivity index (χ4n) is 2.78. The van der Waals surface area contributed by atoms with Crippen LogP contribution in [0.2, 0.25) is 0 Å². The van der Waals surface area contributed by atoms with Gasteiger partial charge in [-0.15, -0.1) is 0 Å². The number of rotatable bonds is 7. The molecule has 2 aromatic rings. The molecular weight excluding hydrogens is 298 g/mol. The van der Waals surface area contributed by atoms with E-state index in [1.54, 1.807) is 18.0 Å². The molecule has 1 aliphatic heterocycles. The number of β-amino-alcohol motifs (C(OH)–C–C–N with tert-alkyl or cyclic N) is 1. The number of methoxy groups -OCH3 is 1. The van der Waals surface area contributed by atoms with Gasteiger partial charge in [0.2, 0.25) is 0 Å². The van der Waals surface area contributed by atoms with Gasteiger partial charge in [0.1, 0.15) is 30.3 Å². The molecule has 1 N–H and O–H groups in total. The Labute approximate surface area is 135 Å². The number of furan rings is 1. The molecule has 1 fully saturated rings. The zero-order chi connectivity index (χ0) is 16.2. The van der Waals surface area contributed by atoms with Gasteiger partial charge in [0.25, 0.3) is 0 Å². The standard InChI is InChI=1S/C16H23N3O4/c1-3-19-8-14(6-17-19)23-16-10-18(9-15(16)20)7-12-4-5-13(22-12)11-21-2/h4-6,8,15-16,20H,3,7,9-11H2,1-2H3/t15-,16-/m1/s1. The van der Waals surface area contributed by atoms with Gasteiger partial charge in [-0.3, -0.25) is 9.58 Å². The van der Waals surface area contributed by atoms with Crippen LogP contribution in [-0.4, -0.2) is 52.2 Å². The van der Waals surface area contributed by atoms with Crippen LogP contribution in [0.1, 0.15) is 18.4 Å². The first-order valence-corrected chi connectivity index (χ1v) is 7.84. The molecule has 2 atom stereocenters. The van der Waals surface area contributed by atoms with E-state index in [1.165, 1.54) is 0 Å². The predicted molar refractivity (Wildman–Crippen MR) is 83.0 cm³/mol. The molecule has 1 aliphatic rings. The van der Waals surface area contributed by atoms with Crippen molar-refractivity contribution >= 4 is 0 Å². The van der Waals surface area contributed by atoms with E-state index in [0.29, 0.717) is 32.0 Å². The maximum atomic E-state index is 10.2. The molecule has 3 heterocycles. The van der Waals surface area contributed by atoms with Crippen molar-refractivity contribution in [2.24, 2.45) is 0 Å². The lowest BCUT2D eigenvalue weighted by Gasteiger charge is -2.15. The zero-order valence-corrected chi connectivity index (χ0v) is 13.5. The van der Waals surface area contributed by atoms with Crippen LogP contribution in [0.15, 0.2) is 28.9 Å². The van der Waals surface area contributed by atoms with Crippen LogP contribution in [0.25, 0.3) is 0 Å². The maximum absolute atomic E-state index is 10.2. The minimum atomic E-state index is -0.520. The average molecular weight is 321 g/mol. The van der Waals surface area contributed by atoms with E-state index in [1.807, 2.05) is 25.3 Å². The number of hydrogen-bond donors (Lipinski definition) is 1. The summed E-state index contributed by atoms with van der Waals surface area (Å²) < 4.78 is 18.4. The zero-order valence-electron chi connectivity index (χ0n) is 13.5. The summed E-state index contributed by atoms with van der Waals surface area (Å²) in [4.78, 5) is 2.12. The molecule has 2 aromatic heterocycles. The molecule has 0 aromatic carbocycles. The van der Waals surface area contributed by atoms with Crippen LogP contribution in [0, 0.1) is 0 Å². The first-order chi connectivity index (χ1) is 11.2. The van der Waals surface area contributed by atoms with Gasteiger partial charge in [0.05, 0.1) is 18.9 Å². The Kier molecular flexibility index (Phi) is 5.00. The van der Waals surface area contributed by atoms with E-state index >= 15 is 0 Å². The van der Waals surface area contributed by atoms with Gasteiger partial charge in [-0.1, -0.05) is 0 Å². The van der Waals surface area contributed by atoms with Gasteiger partial charge in [-0.2, -0.15) is 5.10 Å². The smallest absolute Gasteiger partial charge is 0.157 e. The van der Waals surface area contributed by atoms with Crippen molar-refractivity contribution in [1.29, 1.82) is 0 Å². The summed E-state index contributed by atoms with van der Waals surface area (Å²) >= 11 is 0. The Balaban J connectivity index is 1.54. The van der Waals surface area contributed by atoms with Crippen molar-refractivity contribution in [3.63, 3.8) is 0 Å². The Hall–Kier alpha value is -1.83. The van der Waals surface area contributed by atoms with Crippen LogP contribution >= 0.6 is 0 Å². The first-order valence-electron chi connectivity index (χ1n) is 7.84. The average Bonchev–Trinajstić information content (AvgIpc) is 3.23. The van der Waals surface area contributed by atoms with Crippen molar-refractivity contribution in [1.82, 2.24) is 14.7 Å². The molecule has 0 unspecified atom stereocenters. The van der Waals surface area contributed by atoms with Crippen LogP contribution in [0.5, 0.6) is 5.75 Å². The molecule has 0 saturated carbocycles. The summed E-state index contributed by atoms with van der Waals surface area (Å²) in [5.41, 5.74) is 0. The maximum Gasteiger partial charge on any atom is 0.157 e. The highest BCUT2D eigenvalue weighted by atomic mass is 16.5. The van der Waals surface area contributed by atoms with Gasteiger partial charge in [-0.25, -0.2) is 0 Å². The number of aryl methyl sites for hydroxylation is 1. The second kappa shape index (κ2) is 7.16. The highest BCUT2D eigenvalue weighted by Crippen LogP contribution is 2.21. The molecule has 7 heteroatoms. The Morgan fingerprint density at radius 2 is 2.17 bits per heavy atom. The summed E-state index contributed by atoms with van der Waals surface area (Å²) in [7, 11) is 1.64. The Morgan fingerprint density at radius 3 is 2.91 bits per heavy atom. The fourth-order valence-corrected chi connectivity index (χ4v) is 2.78. The summed E-state index contributed by atoms with van der Waals surface area (Å²) in [6.07, 6.45) is 2.76. The van der Waals surface area contributed by atoms with E-state index in [9.17, 15) is 5.11 Å². The summed E-state index contributed by atoms with van der Waals surface area (Å²) in [6.45, 7) is 5.14. The lowest BCUT2D eigenvalue weighted by atomic mass is 10.3. The topological polar surface area (TPSA) is 72.9 Å². The minimum Gasteiger partial charge on any atom is -0.483 e. The number of aliphatic hydroxyl groups excluding tert-OH is 1. The van der Waals surface area contributed by atoms with Crippen molar-refractivity contribution in [2.75, 3.05) is 20.2 Å². The number of nitrogens with zero attached hydrogens (tertiary/aromatic N) is 3. The highest BCUT2D eigenvalue weighted by Gasteiger charge is 2.33. The molecule has 0 radical (unpaired) electrons. The summed E-state index contributed by atoms with van der Waals surface area (Å²) in [5, 5.41) is 14.4. The molecule has 126 valence electrons. The normalized spacial score (nSPS) is 21.9. The quantitative estimate of drug-likeness (QED) is 0.828. The third-order valence-corrected chi connectivity index (χ3v) is 3.92. The van der Waals surface area contributed by atoms with E-state index < -0.39 is 6.10 Å². The lowest BCUT2D eigenvalue weighted by Crippen LogP contribution is -2.29. The predicted octanol–water partition coefficient (Wildman–Crippen LogP) is 1.27. The number of aliphatic hydroxyl groups is 1. The van der Waals surface area contributed by atoms with Gasteiger partial charge < -0.3 is 19.0 Å². The van der Waals surface area contributed by atoms with E-state index in [0.717, 1.165) is 18.1 Å². The number of hydrogen-bond acceptors (Lipinski definition) is 6. The summed E-state index contributed by atoms with van der Waals surface area (Å²) in [5.74, 6) is 2.36. The van der Waals surface area contributed by atoms with Gasteiger partial charge in [-0.05, 0) is 19.1 Å². The number of likely N-dealkylation sites (tertiary alicyclic amines) is 1. The Morgan fingerprint density at radius 1 is 1.35 bits per heavy atom. The van der Waals surface area contributed by atoms with Crippen molar-refractivity contribution in [2.45, 2.75) is 38.8 Å². The molecule has 0 bridgehead atoms. The van der Waals surface area contributed by atoms with Crippen LogP contribution in [0.4, 0.5) is 0 Å². The molecule has 23 heavy (non-hydrogen) atoms. The number of ether oxygens (including phenoxy) is 2. The molecule has 1 saturated heterocycles. The SMILES string of the molecule is CCn1cc(O[C@@H]2CN(Cc3ccc(COC)o3)C[C@H]2O)cn1. The molecule has 3 rings (SSSR count). The second-order valence-corrected chi connectivity index (χ2v) is 5.75. The highest BCUT2D eigenvalue weighted by molar-refractivity contribution is 5.13. The molecule has 0 aliphatic carbocycles. The van der Waals surface area contributed by atoms with Crippen molar-refractivity contribution in [3.8, 4) is 5.75 Å². The van der Waals surface area contributed by atoms with Crippen molar-refractivity contribution < 1.29 is 19.0 Å². The van der Waals surface area contributed by atoms with Crippen LogP contribution in [0.3, 0.4) is 0 Å². The van der Waals surface area contributed by atoms with Crippen LogP contribution < -0.4 is 4.74 Å². The number of aromatic nitrogens is 2. The van der Waals surface area contributed by atoms with Gasteiger partial charge in [0.15, 0.2) is 5.75 Å². The Bertz CT molecular complexity index is 624. The third kappa shape index (κ3) is 3.93. The largest absolute Gasteiger partial charge is 0.483 e. The molecule has 0 amide bonds. The van der Waals surface area contributed by atoms with Crippen LogP contribution in [-0.2, 0) is 24.4 Å². The minimum absolute atomic E-state index is 0.252. The van der Waals surface area contributed by atoms with Gasteiger partial charge >= 0.3 is 0 Å². The lowest BCUT2D eigenvalue weighted by molar-refractivity contribution is 0.0736. The fraction of sp³-hybridized carbons (Fsp3) is 0.562. The van der Waals surface area contributed by atoms with E-state index in [2.05, 4.69) is 10.00 Å². The van der Waals surface area contributed by atoms with Crippen molar-refractivity contribution in [3.05, 3.63) is 36.0 Å². The first kappa shape index (κ1) is 16.0. The van der Waals surface area contributed by atoms with E-state index in [-0.39, 0.29) is 6.10 Å². The van der Waals surface area contributed by atoms with E-state index in [4.69, 9.17) is 13.9 Å². The molecular formula is C16H23N3O4. The molecule has 0 spiro atoms. The second-order valence-electron chi connectivity index (χ2n) is 5.75.